The molecular formula is C6H7N5. The van der Waals surface area contributed by atoms with E-state index in [-0.39, 0.29) is 0 Å². The van der Waals surface area contributed by atoms with Crippen molar-refractivity contribution in [2.24, 2.45) is 0 Å². The summed E-state index contributed by atoms with van der Waals surface area (Å²) in [6.07, 6.45) is 3.27. The Hall–Kier alpha value is -1.65. The first-order chi connectivity index (χ1) is 5.27. The second kappa shape index (κ2) is 1.91. The number of hydrogen-bond acceptors (Lipinski definition) is 4. The van der Waals surface area contributed by atoms with Crippen LogP contribution in [0.4, 0.5) is 5.69 Å². The zero-order chi connectivity index (χ0) is 7.84. The van der Waals surface area contributed by atoms with Crippen molar-refractivity contribution in [1.82, 2.24) is 19.8 Å². The van der Waals surface area contributed by atoms with Gasteiger partial charge in [-0.05, 0) is 6.92 Å². The summed E-state index contributed by atoms with van der Waals surface area (Å²) in [5, 5.41) is 7.64. The predicted octanol–water partition coefficient (Wildman–Crippen LogP) is 0.0149. The molecule has 0 amide bonds. The third-order valence-electron chi connectivity index (χ3n) is 1.44. The molecule has 2 N–H and O–H groups in total. The standard InChI is InChI=1S/C6H7N5/c1-4-6-8-2-5(7)3-11(6)10-9-4/h2-3H,7H2,1H3. The van der Waals surface area contributed by atoms with Crippen LogP contribution in [0.15, 0.2) is 12.4 Å². The van der Waals surface area contributed by atoms with Crippen LogP contribution in [-0.4, -0.2) is 19.8 Å². The Balaban J connectivity index is 2.86. The van der Waals surface area contributed by atoms with Crippen molar-refractivity contribution in [3.05, 3.63) is 18.1 Å². The smallest absolute Gasteiger partial charge is 0.178 e. The van der Waals surface area contributed by atoms with E-state index in [9.17, 15) is 0 Å². The molecule has 5 heteroatoms. The van der Waals surface area contributed by atoms with E-state index in [1.165, 1.54) is 0 Å². The van der Waals surface area contributed by atoms with Gasteiger partial charge >= 0.3 is 0 Å². The van der Waals surface area contributed by atoms with Gasteiger partial charge in [-0.25, -0.2) is 4.98 Å². The Kier molecular flexibility index (Phi) is 1.06. The van der Waals surface area contributed by atoms with E-state index in [2.05, 4.69) is 15.3 Å². The fourth-order valence-corrected chi connectivity index (χ4v) is 0.918. The lowest BCUT2D eigenvalue weighted by Crippen LogP contribution is -1.94. The normalized spacial score (nSPS) is 10.6. The average Bonchev–Trinajstić information content (AvgIpc) is 2.32. The minimum Gasteiger partial charge on any atom is -0.396 e. The van der Waals surface area contributed by atoms with Crippen LogP contribution in [0.2, 0.25) is 0 Å². The van der Waals surface area contributed by atoms with Crippen LogP contribution < -0.4 is 5.73 Å². The molecule has 56 valence electrons. The van der Waals surface area contributed by atoms with Crippen molar-refractivity contribution in [1.29, 1.82) is 0 Å². The highest BCUT2D eigenvalue weighted by molar-refractivity contribution is 5.45. The van der Waals surface area contributed by atoms with Crippen molar-refractivity contribution < 1.29 is 0 Å². The van der Waals surface area contributed by atoms with Crippen LogP contribution in [0.25, 0.3) is 5.65 Å². The Bertz CT molecular complexity index is 391. The van der Waals surface area contributed by atoms with Gasteiger partial charge in [-0.2, -0.15) is 4.52 Å². The molecule has 2 aromatic rings. The third kappa shape index (κ3) is 0.813. The highest BCUT2D eigenvalue weighted by atomic mass is 15.4. The molecule has 0 aromatic carbocycles. The molecule has 0 unspecified atom stereocenters. The Labute approximate surface area is 62.9 Å². The predicted molar refractivity (Wildman–Crippen MR) is 39.9 cm³/mol. The number of aromatic nitrogens is 4. The van der Waals surface area contributed by atoms with Gasteiger partial charge in [-0.3, -0.25) is 0 Å². The van der Waals surface area contributed by atoms with Crippen molar-refractivity contribution in [3.8, 4) is 0 Å². The van der Waals surface area contributed by atoms with Gasteiger partial charge in [0.1, 0.15) is 5.69 Å². The summed E-state index contributed by atoms with van der Waals surface area (Å²) in [7, 11) is 0. The number of aryl methyl sites for hydroxylation is 1. The maximum atomic E-state index is 5.48. The van der Waals surface area contributed by atoms with Crippen molar-refractivity contribution >= 4 is 11.3 Å². The van der Waals surface area contributed by atoms with Crippen LogP contribution in [0.3, 0.4) is 0 Å². The van der Waals surface area contributed by atoms with E-state index >= 15 is 0 Å². The molecule has 0 radical (unpaired) electrons. The van der Waals surface area contributed by atoms with Crippen molar-refractivity contribution in [3.63, 3.8) is 0 Å². The summed E-state index contributed by atoms with van der Waals surface area (Å²) in [6.45, 7) is 1.85. The first kappa shape index (κ1) is 6.09. The van der Waals surface area contributed by atoms with Crippen LogP contribution in [0.1, 0.15) is 5.69 Å². The number of hydrogen-bond donors (Lipinski definition) is 1. The highest BCUT2D eigenvalue weighted by Gasteiger charge is 2.00. The molecule has 2 aromatic heterocycles. The summed E-state index contributed by atoms with van der Waals surface area (Å²) in [5.41, 5.74) is 7.63. The summed E-state index contributed by atoms with van der Waals surface area (Å²) < 4.78 is 1.56. The van der Waals surface area contributed by atoms with E-state index in [1.807, 2.05) is 6.92 Å². The largest absolute Gasteiger partial charge is 0.396 e. The topological polar surface area (TPSA) is 69.1 Å². The number of fused-ring (bicyclic) bond motifs is 1. The zero-order valence-electron chi connectivity index (χ0n) is 6.02. The van der Waals surface area contributed by atoms with E-state index < -0.39 is 0 Å². The second-order valence-electron chi connectivity index (χ2n) is 2.33. The summed E-state index contributed by atoms with van der Waals surface area (Å²) >= 11 is 0. The van der Waals surface area contributed by atoms with Crippen LogP contribution in [0, 0.1) is 6.92 Å². The monoisotopic (exact) mass is 149 g/mol. The first-order valence-electron chi connectivity index (χ1n) is 3.20. The van der Waals surface area contributed by atoms with Crippen LogP contribution in [-0.2, 0) is 0 Å². The second-order valence-corrected chi connectivity index (χ2v) is 2.33. The molecule has 0 aliphatic carbocycles. The fourth-order valence-electron chi connectivity index (χ4n) is 0.918. The SMILES string of the molecule is Cc1nnn2cc(N)cnc12. The third-order valence-corrected chi connectivity index (χ3v) is 1.44. The molecule has 0 spiro atoms. The molecule has 0 aliphatic rings. The lowest BCUT2D eigenvalue weighted by Gasteiger charge is -1.92. The van der Waals surface area contributed by atoms with Gasteiger partial charge in [-0.15, -0.1) is 5.10 Å². The van der Waals surface area contributed by atoms with E-state index in [0.29, 0.717) is 5.69 Å². The van der Waals surface area contributed by atoms with Crippen molar-refractivity contribution in [2.45, 2.75) is 6.92 Å². The minimum absolute atomic E-state index is 0.586. The number of rotatable bonds is 0. The molecule has 2 heterocycles. The quantitative estimate of drug-likeness (QED) is 0.573. The Morgan fingerprint density at radius 2 is 2.36 bits per heavy atom. The van der Waals surface area contributed by atoms with Crippen LogP contribution >= 0.6 is 0 Å². The lowest BCUT2D eigenvalue weighted by atomic mass is 10.5. The number of nitrogen functional groups attached to an aromatic ring is 1. The maximum Gasteiger partial charge on any atom is 0.178 e. The van der Waals surface area contributed by atoms with Gasteiger partial charge in [-0.1, -0.05) is 5.21 Å². The van der Waals surface area contributed by atoms with Gasteiger partial charge in [0.15, 0.2) is 5.65 Å². The van der Waals surface area contributed by atoms with E-state index in [0.717, 1.165) is 11.3 Å². The van der Waals surface area contributed by atoms with Gasteiger partial charge in [0.25, 0.3) is 0 Å². The van der Waals surface area contributed by atoms with E-state index in [4.69, 9.17) is 5.73 Å². The lowest BCUT2D eigenvalue weighted by molar-refractivity contribution is 0.843. The molecule has 5 nitrogen and oxygen atoms in total. The summed E-state index contributed by atoms with van der Waals surface area (Å²) in [4.78, 5) is 4.05. The Morgan fingerprint density at radius 1 is 1.55 bits per heavy atom. The summed E-state index contributed by atoms with van der Waals surface area (Å²) in [6, 6.07) is 0. The molecule has 2 rings (SSSR count). The first-order valence-corrected chi connectivity index (χ1v) is 3.20. The van der Waals surface area contributed by atoms with Gasteiger partial charge in [0, 0.05) is 0 Å². The van der Waals surface area contributed by atoms with Crippen molar-refractivity contribution in [2.75, 3.05) is 5.73 Å². The molecule has 0 aliphatic heterocycles. The van der Waals surface area contributed by atoms with Gasteiger partial charge in [0.05, 0.1) is 18.1 Å². The van der Waals surface area contributed by atoms with E-state index in [1.54, 1.807) is 16.9 Å². The van der Waals surface area contributed by atoms with Crippen LogP contribution in [0.5, 0.6) is 0 Å². The number of nitrogens with two attached hydrogens (primary N) is 1. The molecule has 0 saturated heterocycles. The average molecular weight is 149 g/mol. The minimum atomic E-state index is 0.586. The molecule has 11 heavy (non-hydrogen) atoms. The highest BCUT2D eigenvalue weighted by Crippen LogP contribution is 2.04. The number of anilines is 1. The fraction of sp³-hybridized carbons (Fsp3) is 0.167. The molecule has 0 bridgehead atoms. The Morgan fingerprint density at radius 3 is 3.18 bits per heavy atom. The van der Waals surface area contributed by atoms with Gasteiger partial charge < -0.3 is 5.73 Å². The number of nitrogens with zero attached hydrogens (tertiary/aromatic N) is 4. The molecule has 0 fully saturated rings. The maximum absolute atomic E-state index is 5.48. The molecule has 0 atom stereocenters. The molecule has 0 saturated carbocycles. The van der Waals surface area contributed by atoms with Gasteiger partial charge in [0.2, 0.25) is 0 Å². The summed E-state index contributed by atoms with van der Waals surface area (Å²) in [5.74, 6) is 0. The zero-order valence-corrected chi connectivity index (χ0v) is 6.02. The molecular weight excluding hydrogens is 142 g/mol.